The number of nitrogens with zero attached hydrogens (tertiary/aromatic N) is 2. The molecule has 0 aromatic heterocycles. The van der Waals surface area contributed by atoms with Gasteiger partial charge in [-0.15, -0.1) is 0 Å². The zero-order valence-electron chi connectivity index (χ0n) is 11.8. The van der Waals surface area contributed by atoms with Crippen LogP contribution in [0.2, 0.25) is 0 Å². The fourth-order valence-corrected chi connectivity index (χ4v) is 3.11. The lowest BCUT2D eigenvalue weighted by molar-refractivity contribution is -0.129. The van der Waals surface area contributed by atoms with Gasteiger partial charge < -0.3 is 14.9 Å². The second kappa shape index (κ2) is 6.82. The van der Waals surface area contributed by atoms with Crippen LogP contribution >= 0.6 is 0 Å². The van der Waals surface area contributed by atoms with Crippen molar-refractivity contribution in [2.75, 3.05) is 39.0 Å². The van der Waals surface area contributed by atoms with E-state index in [-0.39, 0.29) is 17.2 Å². The van der Waals surface area contributed by atoms with Crippen molar-refractivity contribution in [1.82, 2.24) is 9.80 Å². The highest BCUT2D eigenvalue weighted by atomic mass is 32.2. The summed E-state index contributed by atoms with van der Waals surface area (Å²) in [5, 5.41) is 8.81. The number of rotatable bonds is 4. The van der Waals surface area contributed by atoms with Crippen molar-refractivity contribution < 1.29 is 18.9 Å². The predicted molar refractivity (Wildman–Crippen MR) is 78.8 cm³/mol. The molecule has 0 aliphatic carbocycles. The molecule has 7 heteroatoms. The van der Waals surface area contributed by atoms with Gasteiger partial charge in [0.2, 0.25) is 5.91 Å². The highest BCUT2D eigenvalue weighted by Gasteiger charge is 2.21. The summed E-state index contributed by atoms with van der Waals surface area (Å²) < 4.78 is 12.1. The van der Waals surface area contributed by atoms with Crippen LogP contribution in [-0.2, 0) is 15.6 Å². The lowest BCUT2D eigenvalue weighted by atomic mass is 10.2. The molecule has 1 atom stereocenters. The summed E-state index contributed by atoms with van der Waals surface area (Å²) in [6, 6.07) is 5.79. The Morgan fingerprint density at radius 1 is 1.14 bits per heavy atom. The molecule has 0 bridgehead atoms. The monoisotopic (exact) mass is 310 g/mol. The summed E-state index contributed by atoms with van der Waals surface area (Å²) in [5.41, 5.74) is 0.140. The van der Waals surface area contributed by atoms with Gasteiger partial charge in [-0.3, -0.25) is 9.00 Å². The molecule has 114 valence electrons. The number of piperazine rings is 1. The van der Waals surface area contributed by atoms with Crippen LogP contribution in [0.15, 0.2) is 29.2 Å². The SMILES string of the molecule is CN1CCN(C(=O)CS(=O)c2ccc(C(=O)O)cc2)CC1. The number of aromatic carboxylic acids is 1. The molecule has 0 spiro atoms. The van der Waals surface area contributed by atoms with Gasteiger partial charge in [-0.2, -0.15) is 0 Å². The van der Waals surface area contributed by atoms with E-state index in [0.29, 0.717) is 18.0 Å². The predicted octanol–water partition coefficient (Wildman–Crippen LogP) is 0.266. The summed E-state index contributed by atoms with van der Waals surface area (Å²) in [7, 11) is 0.561. The molecule has 1 heterocycles. The quantitative estimate of drug-likeness (QED) is 0.863. The molecule has 1 aliphatic rings. The molecule has 1 aromatic rings. The maximum absolute atomic E-state index is 12.1. The highest BCUT2D eigenvalue weighted by molar-refractivity contribution is 7.85. The van der Waals surface area contributed by atoms with E-state index < -0.39 is 16.8 Å². The number of carbonyl (C=O) groups excluding carboxylic acids is 1. The van der Waals surface area contributed by atoms with Crippen molar-refractivity contribution >= 4 is 22.7 Å². The van der Waals surface area contributed by atoms with E-state index >= 15 is 0 Å². The zero-order valence-corrected chi connectivity index (χ0v) is 12.6. The van der Waals surface area contributed by atoms with E-state index in [9.17, 15) is 13.8 Å². The topological polar surface area (TPSA) is 77.9 Å². The Balaban J connectivity index is 1.94. The number of carboxylic acids is 1. The van der Waals surface area contributed by atoms with Crippen molar-refractivity contribution in [3.63, 3.8) is 0 Å². The van der Waals surface area contributed by atoms with E-state index in [2.05, 4.69) is 4.90 Å². The fourth-order valence-electron chi connectivity index (χ4n) is 2.09. The van der Waals surface area contributed by atoms with Crippen molar-refractivity contribution in [3.05, 3.63) is 29.8 Å². The molecule has 0 saturated carbocycles. The van der Waals surface area contributed by atoms with Crippen LogP contribution < -0.4 is 0 Å². The first kappa shape index (κ1) is 15.7. The molecule has 1 unspecified atom stereocenters. The van der Waals surface area contributed by atoms with Gasteiger partial charge in [0.1, 0.15) is 5.75 Å². The molecular weight excluding hydrogens is 292 g/mol. The van der Waals surface area contributed by atoms with Gasteiger partial charge >= 0.3 is 5.97 Å². The lowest BCUT2D eigenvalue weighted by Crippen LogP contribution is -2.48. The van der Waals surface area contributed by atoms with E-state index in [1.807, 2.05) is 7.05 Å². The molecule has 0 radical (unpaired) electrons. The van der Waals surface area contributed by atoms with Crippen molar-refractivity contribution in [2.24, 2.45) is 0 Å². The Hall–Kier alpha value is -1.73. The van der Waals surface area contributed by atoms with E-state index in [1.165, 1.54) is 24.3 Å². The number of amides is 1. The van der Waals surface area contributed by atoms with E-state index in [4.69, 9.17) is 5.11 Å². The van der Waals surface area contributed by atoms with Crippen LogP contribution in [0.25, 0.3) is 0 Å². The van der Waals surface area contributed by atoms with Crippen LogP contribution in [0.4, 0.5) is 0 Å². The minimum atomic E-state index is -1.44. The average Bonchev–Trinajstić information content (AvgIpc) is 2.47. The normalized spacial score (nSPS) is 17.5. The molecule has 1 aliphatic heterocycles. The van der Waals surface area contributed by atoms with Gasteiger partial charge in [-0.25, -0.2) is 4.79 Å². The van der Waals surface area contributed by atoms with Crippen LogP contribution in [0.5, 0.6) is 0 Å². The number of carbonyl (C=O) groups is 2. The Morgan fingerprint density at radius 3 is 2.24 bits per heavy atom. The largest absolute Gasteiger partial charge is 0.478 e. The molecule has 1 fully saturated rings. The van der Waals surface area contributed by atoms with Crippen LogP contribution in [0.3, 0.4) is 0 Å². The highest BCUT2D eigenvalue weighted by Crippen LogP contribution is 2.10. The zero-order chi connectivity index (χ0) is 15.4. The Kier molecular flexibility index (Phi) is 5.08. The summed E-state index contributed by atoms with van der Waals surface area (Å²) in [6.45, 7) is 2.96. The third-order valence-corrected chi connectivity index (χ3v) is 4.78. The number of carboxylic acid groups (broad SMARTS) is 1. The minimum absolute atomic E-state index is 0.0594. The summed E-state index contributed by atoms with van der Waals surface area (Å²) >= 11 is 0. The molecule has 1 aromatic carbocycles. The number of hydrogen-bond acceptors (Lipinski definition) is 4. The van der Waals surface area contributed by atoms with Gasteiger partial charge in [0.25, 0.3) is 0 Å². The molecule has 1 saturated heterocycles. The van der Waals surface area contributed by atoms with Gasteiger partial charge in [0.05, 0.1) is 16.4 Å². The van der Waals surface area contributed by atoms with Crippen LogP contribution in [0.1, 0.15) is 10.4 Å². The maximum atomic E-state index is 12.1. The average molecular weight is 310 g/mol. The summed E-state index contributed by atoms with van der Waals surface area (Å²) in [4.78, 5) is 27.2. The lowest BCUT2D eigenvalue weighted by Gasteiger charge is -2.32. The second-order valence-electron chi connectivity index (χ2n) is 5.00. The van der Waals surface area contributed by atoms with E-state index in [1.54, 1.807) is 4.90 Å². The molecule has 1 N–H and O–H groups in total. The third-order valence-electron chi connectivity index (χ3n) is 3.47. The molecule has 21 heavy (non-hydrogen) atoms. The second-order valence-corrected chi connectivity index (χ2v) is 6.45. The number of benzene rings is 1. The molecular formula is C14H18N2O4S. The van der Waals surface area contributed by atoms with Gasteiger partial charge in [-0.05, 0) is 31.3 Å². The van der Waals surface area contributed by atoms with Crippen molar-refractivity contribution in [2.45, 2.75) is 4.90 Å². The number of likely N-dealkylation sites (N-methyl/N-ethyl adjacent to an activating group) is 1. The Bertz CT molecular complexity index is 551. The smallest absolute Gasteiger partial charge is 0.335 e. The summed E-state index contributed by atoms with van der Waals surface area (Å²) in [6.07, 6.45) is 0. The minimum Gasteiger partial charge on any atom is -0.478 e. The van der Waals surface area contributed by atoms with Crippen LogP contribution in [-0.4, -0.2) is 70.0 Å². The first-order chi connectivity index (χ1) is 9.97. The van der Waals surface area contributed by atoms with Gasteiger partial charge in [0.15, 0.2) is 0 Å². The standard InChI is InChI=1S/C14H18N2O4S/c1-15-6-8-16(9-7-15)13(17)10-21(20)12-4-2-11(3-5-12)14(18)19/h2-5H,6-10H2,1H3,(H,18,19). The van der Waals surface area contributed by atoms with Gasteiger partial charge in [0, 0.05) is 31.1 Å². The molecule has 6 nitrogen and oxygen atoms in total. The first-order valence-electron chi connectivity index (χ1n) is 6.65. The van der Waals surface area contributed by atoms with E-state index in [0.717, 1.165) is 13.1 Å². The third kappa shape index (κ3) is 4.12. The number of hydrogen-bond donors (Lipinski definition) is 1. The maximum Gasteiger partial charge on any atom is 0.335 e. The molecule has 2 rings (SSSR count). The first-order valence-corrected chi connectivity index (χ1v) is 7.97. The van der Waals surface area contributed by atoms with Crippen molar-refractivity contribution in [1.29, 1.82) is 0 Å². The van der Waals surface area contributed by atoms with Crippen molar-refractivity contribution in [3.8, 4) is 0 Å². The summed E-state index contributed by atoms with van der Waals surface area (Å²) in [5.74, 6) is -1.21. The van der Waals surface area contributed by atoms with Gasteiger partial charge in [-0.1, -0.05) is 0 Å². The Morgan fingerprint density at radius 2 is 1.71 bits per heavy atom. The molecule has 1 amide bonds. The van der Waals surface area contributed by atoms with Crippen LogP contribution in [0, 0.1) is 0 Å². The fraction of sp³-hybridized carbons (Fsp3) is 0.429. The Labute approximate surface area is 125 Å².